The Kier molecular flexibility index (Phi) is 42.9. The number of aromatic nitrogens is 4. The second-order valence-electron chi connectivity index (χ2n) is 23.3. The molecule has 41 nitrogen and oxygen atoms in total. The molecule has 0 radical (unpaired) electrons. The first kappa shape index (κ1) is 88.2. The molecule has 0 aliphatic carbocycles. The molecule has 0 aliphatic heterocycles. The third-order valence-electron chi connectivity index (χ3n) is 14.8. The third kappa shape index (κ3) is 40.4. The summed E-state index contributed by atoms with van der Waals surface area (Å²) in [4.78, 5) is 229. The maximum absolute atomic E-state index is 13.9. The molecule has 102 heavy (non-hydrogen) atoms. The summed E-state index contributed by atoms with van der Waals surface area (Å²) in [5.74, 6) is -14.6. The molecule has 2 aromatic rings. The minimum atomic E-state index is -1.65. The van der Waals surface area contributed by atoms with E-state index in [1.54, 1.807) is 12.4 Å². The molecule has 11 amide bonds. The molecule has 2 aromatic heterocycles. The Bertz CT molecular complexity index is 3090. The van der Waals surface area contributed by atoms with Crippen LogP contribution in [0.1, 0.15) is 89.4 Å². The number of carbonyl (C=O) groups excluding carboxylic acids is 13. The van der Waals surface area contributed by atoms with Gasteiger partial charge in [-0.05, 0) is 52.4 Å². The van der Waals surface area contributed by atoms with Crippen molar-refractivity contribution in [2.45, 2.75) is 126 Å². The molecule has 42 heteroatoms. The summed E-state index contributed by atoms with van der Waals surface area (Å²) in [5.41, 5.74) is 13.1. The lowest BCUT2D eigenvalue weighted by Crippen LogP contribution is -2.57. The largest absolute Gasteiger partial charge is 0.480 e. The number of aliphatic carboxylic acids is 4. The molecule has 0 fully saturated rings. The number of imidazole rings is 2. The lowest BCUT2D eigenvalue weighted by atomic mass is 10.1. The standard InChI is InChI=1S/C60H95BrN20O21/c1-36(70-26-43(82)55(61)56(98)42(23-62)76-50(89)29-80(31-52(92)93)21-19-79(30-51(90)91)20-22-81(32-53(94)95)33-54(96)97)58(100)78-41(8-4-6-16-67-49(88)28-72-47(86)12-10-45(84)69-18-14-39-25-65-35-74-39)60(102)75-37(2)59(101)77-40(57(63)99)7-3-5-15-66-48(87)27-71-46(85)11-9-44(83)68-17-13-38-24-64-34-73-38/h24-25,34-37,40-42,55,70H,3-23,26-33,62H2,1-2H3,(H2,63,99)(H,64,73)(H,65,74)(H,66,87)(H,67,88)(H,68,83)(H,69,84)(H,71,85)(H,72,86)(H,75,102)(H,76,89)(H,77,101)(H,78,100)(H,90,91)(H,92,93)(H,94,95)(H,96,97)/t36-,37-,40-,41-,42-,55?/m1/s1. The van der Waals surface area contributed by atoms with Crippen LogP contribution in [-0.4, -0.2) is 302 Å². The van der Waals surface area contributed by atoms with Crippen LogP contribution in [0, 0.1) is 0 Å². The zero-order chi connectivity index (χ0) is 76.1. The van der Waals surface area contributed by atoms with E-state index in [2.05, 4.69) is 94.4 Å². The van der Waals surface area contributed by atoms with Crippen LogP contribution in [0.2, 0.25) is 0 Å². The molecular formula is C60H95BrN20O21. The first-order valence-corrected chi connectivity index (χ1v) is 33.5. The van der Waals surface area contributed by atoms with Gasteiger partial charge in [0.2, 0.25) is 65.0 Å². The maximum Gasteiger partial charge on any atom is 0.317 e. The van der Waals surface area contributed by atoms with E-state index >= 15 is 0 Å². The first-order valence-electron chi connectivity index (χ1n) is 32.6. The lowest BCUT2D eigenvalue weighted by molar-refractivity contribution is -0.143. The number of hydrogen-bond acceptors (Lipinski definition) is 24. The van der Waals surface area contributed by atoms with Gasteiger partial charge in [-0.3, -0.25) is 102 Å². The van der Waals surface area contributed by atoms with Crippen LogP contribution in [0.25, 0.3) is 0 Å². The highest BCUT2D eigenvalue weighted by molar-refractivity contribution is 9.10. The number of unbranched alkanes of at least 4 members (excludes halogenated alkanes) is 2. The molecular weight excluding hydrogens is 1420 g/mol. The van der Waals surface area contributed by atoms with Gasteiger partial charge in [0.05, 0.1) is 71.1 Å². The van der Waals surface area contributed by atoms with Crippen molar-refractivity contribution in [2.24, 2.45) is 11.5 Å². The number of halogens is 1. The van der Waals surface area contributed by atoms with Gasteiger partial charge in [0, 0.05) is 121 Å². The number of nitrogens with one attached hydrogen (secondary N) is 13. The monoisotopic (exact) mass is 1510 g/mol. The smallest absolute Gasteiger partial charge is 0.317 e. The molecule has 0 saturated heterocycles. The van der Waals surface area contributed by atoms with Crippen LogP contribution >= 0.6 is 15.9 Å². The number of H-pyrrole nitrogens is 2. The number of nitrogens with zero attached hydrogens (tertiary/aromatic N) is 5. The number of carbonyl (C=O) groups is 17. The molecule has 6 atom stereocenters. The van der Waals surface area contributed by atoms with Crippen LogP contribution in [0.15, 0.2) is 25.0 Å². The molecule has 0 aromatic carbocycles. The molecule has 2 rings (SSSR count). The van der Waals surface area contributed by atoms with Crippen LogP contribution in [0.5, 0.6) is 0 Å². The summed E-state index contributed by atoms with van der Waals surface area (Å²) < 4.78 is 0. The van der Waals surface area contributed by atoms with Gasteiger partial charge in [-0.25, -0.2) is 9.97 Å². The summed E-state index contributed by atoms with van der Waals surface area (Å²) in [6, 6.07) is -6.79. The van der Waals surface area contributed by atoms with Gasteiger partial charge in [0.25, 0.3) is 0 Å². The fourth-order valence-corrected chi connectivity index (χ4v) is 9.71. The first-order chi connectivity index (χ1) is 48.3. The summed E-state index contributed by atoms with van der Waals surface area (Å²) >= 11 is 3.01. The van der Waals surface area contributed by atoms with E-state index in [0.29, 0.717) is 32.4 Å². The number of Topliss-reactive ketones (excluding diaryl/α,β-unsaturated/α-hetero) is 2. The number of amides is 11. The lowest BCUT2D eigenvalue weighted by Gasteiger charge is -2.28. The van der Waals surface area contributed by atoms with E-state index < -0.39 is 176 Å². The topological polar surface area (TPSA) is 623 Å². The number of alkyl halides is 1. The van der Waals surface area contributed by atoms with Crippen molar-refractivity contribution in [1.29, 1.82) is 0 Å². The van der Waals surface area contributed by atoms with Crippen LogP contribution < -0.4 is 70.0 Å². The second kappa shape index (κ2) is 49.6. The van der Waals surface area contributed by atoms with Crippen molar-refractivity contribution in [3.8, 4) is 0 Å². The van der Waals surface area contributed by atoms with Gasteiger partial charge in [-0.2, -0.15) is 0 Å². The Hall–Kier alpha value is -9.91. The Morgan fingerprint density at radius 2 is 0.863 bits per heavy atom. The molecule has 1 unspecified atom stereocenters. The van der Waals surface area contributed by atoms with Crippen LogP contribution in [0.4, 0.5) is 0 Å². The molecule has 0 aliphatic rings. The van der Waals surface area contributed by atoms with Crippen molar-refractivity contribution < 1.29 is 102 Å². The van der Waals surface area contributed by atoms with Gasteiger partial charge in [-0.15, -0.1) is 0 Å². The third-order valence-corrected chi connectivity index (χ3v) is 15.8. The number of aromatic amines is 2. The molecule has 21 N–H and O–H groups in total. The van der Waals surface area contributed by atoms with E-state index in [1.165, 1.54) is 31.4 Å². The van der Waals surface area contributed by atoms with E-state index in [9.17, 15) is 91.7 Å². The zero-order valence-electron chi connectivity index (χ0n) is 56.8. The normalized spacial score (nSPS) is 12.8. The van der Waals surface area contributed by atoms with E-state index in [0.717, 1.165) is 21.2 Å². The fourth-order valence-electron chi connectivity index (χ4n) is 9.23. The fraction of sp³-hybridized carbons (Fsp3) is 0.617. The average molecular weight is 1510 g/mol. The van der Waals surface area contributed by atoms with Crippen molar-refractivity contribution >= 4 is 116 Å². The van der Waals surface area contributed by atoms with Crippen molar-refractivity contribution in [3.63, 3.8) is 0 Å². The van der Waals surface area contributed by atoms with Crippen LogP contribution in [-0.2, 0) is 94.3 Å². The Morgan fingerprint density at radius 3 is 1.29 bits per heavy atom. The van der Waals surface area contributed by atoms with E-state index in [-0.39, 0.29) is 115 Å². The minimum Gasteiger partial charge on any atom is -0.480 e. The molecule has 0 spiro atoms. The Balaban J connectivity index is 2.04. The SMILES string of the molecule is C[C@@H](NCC(=O)C(Br)C(=O)[C@@H](CN)NC(=O)CN(CCN(CCN(CC(=O)O)CC(=O)O)CC(=O)O)CC(=O)O)C(=O)N[C@H](CCCCNC(=O)CNC(=O)CCC(=O)NCCc1cnc[nH]1)C(=O)N[C@H](C)C(=O)N[C@H](CCCCNC(=O)CNC(=O)CCC(=O)NCCc1cnc[nH]1)C(N)=O. The molecule has 568 valence electrons. The second-order valence-corrected chi connectivity index (χ2v) is 24.2. The molecule has 2 heterocycles. The molecule has 0 bridgehead atoms. The predicted octanol–water partition coefficient (Wildman–Crippen LogP) is -7.96. The number of carboxylic acid groups (broad SMARTS) is 4. The van der Waals surface area contributed by atoms with E-state index in [1.807, 2.05) is 0 Å². The average Bonchev–Trinajstić information content (AvgIpc) is 1.00. The quantitative estimate of drug-likeness (QED) is 0.0166. The van der Waals surface area contributed by atoms with E-state index in [4.69, 9.17) is 21.7 Å². The highest BCUT2D eigenvalue weighted by Crippen LogP contribution is 2.09. The van der Waals surface area contributed by atoms with Crippen molar-refractivity contribution in [2.75, 3.05) is 111 Å². The van der Waals surface area contributed by atoms with Crippen molar-refractivity contribution in [1.82, 2.24) is 93.1 Å². The highest BCUT2D eigenvalue weighted by Gasteiger charge is 2.33. The van der Waals surface area contributed by atoms with Gasteiger partial charge in [0.1, 0.15) is 29.0 Å². The number of rotatable bonds is 57. The summed E-state index contributed by atoms with van der Waals surface area (Å²) in [6.45, 7) is -2.90. The summed E-state index contributed by atoms with van der Waals surface area (Å²) in [5, 5.41) is 65.3. The summed E-state index contributed by atoms with van der Waals surface area (Å²) in [6.07, 6.45) is 7.54. The number of primary amides is 1. The Labute approximate surface area is 594 Å². The predicted molar refractivity (Wildman–Crippen MR) is 361 cm³/mol. The van der Waals surface area contributed by atoms with Gasteiger partial charge >= 0.3 is 23.9 Å². The highest BCUT2D eigenvalue weighted by atomic mass is 79.9. The summed E-state index contributed by atoms with van der Waals surface area (Å²) in [7, 11) is 0. The zero-order valence-corrected chi connectivity index (χ0v) is 58.4. The number of hydrogen-bond donors (Lipinski definition) is 19. The molecule has 0 saturated carbocycles. The number of carboxylic acids is 4. The number of nitrogens with two attached hydrogens (primary N) is 2. The van der Waals surface area contributed by atoms with Crippen molar-refractivity contribution in [3.05, 3.63) is 36.4 Å². The minimum absolute atomic E-state index is 0.00700. The maximum atomic E-state index is 13.9. The van der Waals surface area contributed by atoms with Gasteiger partial charge in [-0.1, -0.05) is 15.9 Å². The van der Waals surface area contributed by atoms with Gasteiger partial charge < -0.3 is 95.0 Å². The number of ketones is 2. The van der Waals surface area contributed by atoms with Gasteiger partial charge in [0.15, 0.2) is 11.6 Å². The Morgan fingerprint density at radius 1 is 0.461 bits per heavy atom. The van der Waals surface area contributed by atoms with Crippen LogP contribution in [0.3, 0.4) is 0 Å².